The largest absolute Gasteiger partial charge is 0.455 e. The summed E-state index contributed by atoms with van der Waals surface area (Å²) in [4.78, 5) is 15.1. The number of furan rings is 1. The van der Waals surface area contributed by atoms with Gasteiger partial charge in [-0.15, -0.1) is 6.58 Å². The number of aromatic nitrogens is 3. The van der Waals surface area contributed by atoms with Crippen molar-refractivity contribution in [3.8, 4) is 33.9 Å². The zero-order chi connectivity index (χ0) is 38.8. The van der Waals surface area contributed by atoms with Crippen LogP contribution < -0.4 is 0 Å². The zero-order valence-electron chi connectivity index (χ0n) is 32.2. The number of benzene rings is 6. The van der Waals surface area contributed by atoms with Crippen LogP contribution in [0.3, 0.4) is 0 Å². The molecule has 0 saturated carbocycles. The van der Waals surface area contributed by atoms with Gasteiger partial charge in [0.1, 0.15) is 11.2 Å². The molecule has 0 radical (unpaired) electrons. The molecule has 0 saturated heterocycles. The Hall–Kier alpha value is -7.17. The first kappa shape index (κ1) is 34.1. The number of hydrogen-bond acceptors (Lipinski definition) is 4. The van der Waals surface area contributed by atoms with Gasteiger partial charge in [0.2, 0.25) is 0 Å². The lowest BCUT2D eigenvalue weighted by Crippen LogP contribution is -2.27. The van der Waals surface area contributed by atoms with Gasteiger partial charge in [0.15, 0.2) is 17.5 Å². The molecule has 6 aromatic carbocycles. The van der Waals surface area contributed by atoms with E-state index in [1.165, 1.54) is 50.1 Å². The first-order valence-electron chi connectivity index (χ1n) is 20.1. The Morgan fingerprint density at radius 2 is 1.43 bits per heavy atom. The lowest BCUT2D eigenvalue weighted by atomic mass is 9.68. The molecule has 8 aromatic rings. The zero-order valence-corrected chi connectivity index (χ0v) is 32.2. The molecule has 1 spiro atoms. The molecule has 0 bridgehead atoms. The predicted octanol–water partition coefficient (Wildman–Crippen LogP) is 13.5. The van der Waals surface area contributed by atoms with Crippen LogP contribution in [0.15, 0.2) is 193 Å². The van der Waals surface area contributed by atoms with E-state index < -0.39 is 5.41 Å². The molecular weight excluding hydrogens is 707 g/mol. The summed E-state index contributed by atoms with van der Waals surface area (Å²) in [6.45, 7) is 5.90. The molecule has 4 nitrogen and oxygen atoms in total. The van der Waals surface area contributed by atoms with Crippen LogP contribution in [0.4, 0.5) is 0 Å². The third-order valence-electron chi connectivity index (χ3n) is 12.2. The second kappa shape index (κ2) is 13.5. The average Bonchev–Trinajstić information content (AvgIpc) is 3.92. The van der Waals surface area contributed by atoms with Gasteiger partial charge in [-0.3, -0.25) is 0 Å². The van der Waals surface area contributed by atoms with Crippen molar-refractivity contribution in [3.05, 3.63) is 222 Å². The van der Waals surface area contributed by atoms with E-state index in [-0.39, 0.29) is 5.92 Å². The van der Waals surface area contributed by atoms with Crippen LogP contribution >= 0.6 is 0 Å². The van der Waals surface area contributed by atoms with Gasteiger partial charge in [-0.2, -0.15) is 0 Å². The van der Waals surface area contributed by atoms with Gasteiger partial charge in [-0.05, 0) is 76.4 Å². The van der Waals surface area contributed by atoms with E-state index >= 15 is 0 Å². The first-order valence-corrected chi connectivity index (χ1v) is 20.1. The van der Waals surface area contributed by atoms with Crippen molar-refractivity contribution in [3.63, 3.8) is 0 Å². The van der Waals surface area contributed by atoms with E-state index in [2.05, 4.69) is 146 Å². The molecule has 2 heterocycles. The van der Waals surface area contributed by atoms with Crippen LogP contribution in [0.25, 0.3) is 67.0 Å². The fourth-order valence-electron chi connectivity index (χ4n) is 9.69. The summed E-state index contributed by atoms with van der Waals surface area (Å²) in [5, 5.41) is 2.31. The van der Waals surface area contributed by atoms with Crippen molar-refractivity contribution in [2.45, 2.75) is 31.1 Å². The van der Waals surface area contributed by atoms with E-state index in [0.717, 1.165) is 51.5 Å². The molecule has 4 heteroatoms. The highest BCUT2D eigenvalue weighted by atomic mass is 16.3. The summed E-state index contributed by atoms with van der Waals surface area (Å²) in [7, 11) is 0. The Kier molecular flexibility index (Phi) is 7.94. The standard InChI is InChI=1S/C54H39N3O/c1-3-5-7-17-34(4-2)51-55-52(35-18-8-6-9-19-35)57-53(56-51)38-21-16-20-36(32-38)37-28-29-43-47(33-37)54(44-25-13-10-22-39(44)40-23-11-14-26-45(40)54)46-31-30-42-41-24-12-15-27-48(41)58-50(42)49(43)46/h3-4,6-27,29-33,37H,1,5,28H2,2H3. The summed E-state index contributed by atoms with van der Waals surface area (Å²) in [5.41, 5.74) is 15.8. The summed E-state index contributed by atoms with van der Waals surface area (Å²) in [5.74, 6) is 2.07. The van der Waals surface area contributed by atoms with Gasteiger partial charge in [-0.25, -0.2) is 15.0 Å². The minimum absolute atomic E-state index is 0.124. The van der Waals surface area contributed by atoms with Crippen molar-refractivity contribution < 1.29 is 4.42 Å². The second-order valence-electron chi connectivity index (χ2n) is 15.3. The van der Waals surface area contributed by atoms with Gasteiger partial charge in [0.05, 0.1) is 5.41 Å². The molecule has 0 N–H and O–H groups in total. The molecule has 3 aliphatic carbocycles. The predicted molar refractivity (Wildman–Crippen MR) is 237 cm³/mol. The van der Waals surface area contributed by atoms with Crippen LogP contribution in [-0.2, 0) is 5.41 Å². The molecule has 2 aromatic heterocycles. The van der Waals surface area contributed by atoms with Gasteiger partial charge >= 0.3 is 0 Å². The Bertz CT molecular complexity index is 3060. The maximum atomic E-state index is 6.80. The minimum Gasteiger partial charge on any atom is -0.455 e. The van der Waals surface area contributed by atoms with Gasteiger partial charge < -0.3 is 4.42 Å². The SMILES string of the molecule is C=CCC=CC(=CC)c1nc(-c2ccccc2)nc(-c2cccc(C3C=C4C(=CC3)c3c(ccc5c3oc3ccccc35)C43c4ccccc4-c4ccccc43)c2)n1. The fraction of sp³-hybridized carbons (Fsp3) is 0.0926. The summed E-state index contributed by atoms with van der Waals surface area (Å²) < 4.78 is 6.80. The van der Waals surface area contributed by atoms with E-state index in [1.54, 1.807) is 0 Å². The average molecular weight is 746 g/mol. The molecule has 1 unspecified atom stereocenters. The highest BCUT2D eigenvalue weighted by molar-refractivity contribution is 6.13. The van der Waals surface area contributed by atoms with Crippen LogP contribution in [0.2, 0.25) is 0 Å². The minimum atomic E-state index is -0.479. The molecule has 0 fully saturated rings. The molecule has 3 aliphatic rings. The first-order chi connectivity index (χ1) is 28.7. The lowest BCUT2D eigenvalue weighted by molar-refractivity contribution is 0.666. The van der Waals surface area contributed by atoms with Gasteiger partial charge in [-0.1, -0.05) is 164 Å². The van der Waals surface area contributed by atoms with Crippen LogP contribution in [0.1, 0.15) is 59.3 Å². The smallest absolute Gasteiger partial charge is 0.164 e. The fourth-order valence-corrected chi connectivity index (χ4v) is 9.69. The van der Waals surface area contributed by atoms with E-state index in [0.29, 0.717) is 17.5 Å². The summed E-state index contributed by atoms with van der Waals surface area (Å²) >= 11 is 0. The highest BCUT2D eigenvalue weighted by Gasteiger charge is 2.54. The van der Waals surface area contributed by atoms with Crippen molar-refractivity contribution in [2.24, 2.45) is 0 Å². The molecule has 58 heavy (non-hydrogen) atoms. The number of fused-ring (bicyclic) bond motifs is 14. The normalized spacial score (nSPS) is 16.3. The molecule has 276 valence electrons. The molecule has 0 aliphatic heterocycles. The quantitative estimate of drug-likeness (QED) is 0.120. The molecule has 0 amide bonds. The summed E-state index contributed by atoms with van der Waals surface area (Å²) in [6, 6.07) is 50.0. The maximum absolute atomic E-state index is 6.80. The Morgan fingerprint density at radius 3 is 2.21 bits per heavy atom. The molecular formula is C54H39N3O. The third-order valence-corrected chi connectivity index (χ3v) is 12.2. The number of nitrogens with zero attached hydrogens (tertiary/aromatic N) is 3. The number of para-hydroxylation sites is 1. The Morgan fingerprint density at radius 1 is 0.724 bits per heavy atom. The van der Waals surface area contributed by atoms with Crippen molar-refractivity contribution >= 4 is 33.1 Å². The van der Waals surface area contributed by atoms with Crippen LogP contribution in [0.5, 0.6) is 0 Å². The van der Waals surface area contributed by atoms with E-state index in [1.807, 2.05) is 43.3 Å². The summed E-state index contributed by atoms with van der Waals surface area (Å²) in [6.07, 6.45) is 14.7. The van der Waals surface area contributed by atoms with Crippen molar-refractivity contribution in [1.29, 1.82) is 0 Å². The topological polar surface area (TPSA) is 51.8 Å². The maximum Gasteiger partial charge on any atom is 0.164 e. The van der Waals surface area contributed by atoms with Crippen LogP contribution in [0, 0.1) is 0 Å². The van der Waals surface area contributed by atoms with Crippen molar-refractivity contribution in [2.75, 3.05) is 0 Å². The number of hydrogen-bond donors (Lipinski definition) is 0. The highest BCUT2D eigenvalue weighted by Crippen LogP contribution is 2.66. The number of rotatable bonds is 7. The van der Waals surface area contributed by atoms with E-state index in [9.17, 15) is 0 Å². The second-order valence-corrected chi connectivity index (χ2v) is 15.3. The Labute approximate surface area is 338 Å². The Balaban J connectivity index is 1.09. The van der Waals surface area contributed by atoms with Gasteiger partial charge in [0.25, 0.3) is 0 Å². The van der Waals surface area contributed by atoms with Crippen LogP contribution in [-0.4, -0.2) is 15.0 Å². The third kappa shape index (κ3) is 5.04. The van der Waals surface area contributed by atoms with Crippen molar-refractivity contribution in [1.82, 2.24) is 15.0 Å². The molecule has 11 rings (SSSR count). The van der Waals surface area contributed by atoms with E-state index in [4.69, 9.17) is 19.4 Å². The monoisotopic (exact) mass is 745 g/mol. The molecule has 1 atom stereocenters. The number of allylic oxidation sites excluding steroid dienone is 9. The van der Waals surface area contributed by atoms with Gasteiger partial charge in [0, 0.05) is 39.0 Å². The lowest BCUT2D eigenvalue weighted by Gasteiger charge is -2.33.